The Balaban J connectivity index is 1.18. The van der Waals surface area contributed by atoms with E-state index in [1.807, 2.05) is 35.7 Å². The molecule has 2 aromatic carbocycles. The van der Waals surface area contributed by atoms with Crippen molar-refractivity contribution in [3.8, 4) is 0 Å². The third-order valence-electron chi connectivity index (χ3n) is 7.64. The van der Waals surface area contributed by atoms with Crippen molar-refractivity contribution < 1.29 is 14.2 Å². The molecule has 40 heavy (non-hydrogen) atoms. The summed E-state index contributed by atoms with van der Waals surface area (Å²) in [5, 5.41) is 3.73. The van der Waals surface area contributed by atoms with Crippen molar-refractivity contribution in [2.45, 2.75) is 44.7 Å². The number of benzene rings is 2. The lowest BCUT2D eigenvalue weighted by Crippen LogP contribution is -2.49. The average Bonchev–Trinajstić information content (AvgIpc) is 2.97. The average molecular weight is 581 g/mol. The first-order valence-electron chi connectivity index (χ1n) is 13.8. The minimum absolute atomic E-state index is 0.0614. The van der Waals surface area contributed by atoms with Crippen molar-refractivity contribution >= 4 is 34.9 Å². The monoisotopic (exact) mass is 580 g/mol. The van der Waals surface area contributed by atoms with Crippen LogP contribution in [0.1, 0.15) is 18.6 Å². The highest BCUT2D eigenvalue weighted by molar-refractivity contribution is 8.05. The summed E-state index contributed by atoms with van der Waals surface area (Å²) in [5.74, 6) is 0. The Bertz CT molecular complexity index is 1390. The molecular weight excluding hydrogens is 544 g/mol. The van der Waals surface area contributed by atoms with Gasteiger partial charge in [0, 0.05) is 70.8 Å². The second-order valence-electron chi connectivity index (χ2n) is 10.4. The Morgan fingerprint density at radius 1 is 1.10 bits per heavy atom. The molecule has 0 radical (unpaired) electrons. The summed E-state index contributed by atoms with van der Waals surface area (Å²) in [6.45, 7) is 8.22. The molecule has 3 atom stereocenters. The number of methoxy groups -OCH3 is 1. The zero-order valence-electron chi connectivity index (χ0n) is 22.9. The number of nitrogens with zero attached hydrogens (tertiary/aromatic N) is 2. The van der Waals surface area contributed by atoms with Crippen LogP contribution in [0, 0.1) is 0 Å². The first-order chi connectivity index (χ1) is 19.6. The number of ether oxygens (including phenoxy) is 3. The molecule has 0 amide bonds. The van der Waals surface area contributed by atoms with Crippen LogP contribution < -0.4 is 15.8 Å². The molecule has 0 aliphatic carbocycles. The van der Waals surface area contributed by atoms with Gasteiger partial charge in [0.1, 0.15) is 11.8 Å². The summed E-state index contributed by atoms with van der Waals surface area (Å²) < 4.78 is 17.4. The van der Waals surface area contributed by atoms with Crippen LogP contribution in [-0.4, -0.2) is 81.7 Å². The molecule has 2 saturated heterocycles. The molecule has 3 aliphatic rings. The van der Waals surface area contributed by atoms with Crippen LogP contribution in [0.25, 0.3) is 0 Å². The van der Waals surface area contributed by atoms with Gasteiger partial charge in [-0.1, -0.05) is 35.7 Å². The first kappa shape index (κ1) is 27.7. The van der Waals surface area contributed by atoms with E-state index in [0.717, 1.165) is 32.0 Å². The maximum absolute atomic E-state index is 12.4. The van der Waals surface area contributed by atoms with Gasteiger partial charge in [0.25, 0.3) is 5.56 Å². The number of nitrogens with one attached hydrogen (secondary N) is 2. The van der Waals surface area contributed by atoms with Gasteiger partial charge in [-0.05, 0) is 48.9 Å². The van der Waals surface area contributed by atoms with Crippen LogP contribution in [0.2, 0.25) is 0 Å². The van der Waals surface area contributed by atoms with E-state index in [4.69, 9.17) is 14.2 Å². The minimum atomic E-state index is -0.101. The fourth-order valence-electron chi connectivity index (χ4n) is 5.58. The fraction of sp³-hybridized carbons (Fsp3) is 0.433. The van der Waals surface area contributed by atoms with Crippen molar-refractivity contribution in [3.05, 3.63) is 70.6 Å². The van der Waals surface area contributed by atoms with Gasteiger partial charge in [-0.3, -0.25) is 9.69 Å². The van der Waals surface area contributed by atoms with E-state index in [1.54, 1.807) is 13.3 Å². The Labute approximate surface area is 243 Å². The zero-order chi connectivity index (χ0) is 27.5. The molecule has 3 aromatic rings. The van der Waals surface area contributed by atoms with Crippen LogP contribution in [0.15, 0.2) is 79.1 Å². The lowest BCUT2D eigenvalue weighted by molar-refractivity contribution is -0.00507. The SMILES string of the molecule is COC[C@H](CN1CCOC[C@@H]1C)Nc1ccc2c(c1)Sc1cccc(C3CN(c4ccc[nH]c4=O)CCO3)c1S2. The molecule has 10 heteroatoms. The van der Waals surface area contributed by atoms with Gasteiger partial charge in [-0.15, -0.1) is 0 Å². The van der Waals surface area contributed by atoms with Gasteiger partial charge in [-0.2, -0.15) is 0 Å². The number of hydrogen-bond donors (Lipinski definition) is 2. The van der Waals surface area contributed by atoms with Gasteiger partial charge < -0.3 is 29.4 Å². The number of hydrogen-bond acceptors (Lipinski definition) is 9. The summed E-state index contributed by atoms with van der Waals surface area (Å²) in [5.41, 5.74) is 2.92. The Hall–Kier alpha value is -2.47. The van der Waals surface area contributed by atoms with Crippen molar-refractivity contribution in [3.63, 3.8) is 0 Å². The second kappa shape index (κ2) is 12.6. The van der Waals surface area contributed by atoms with E-state index in [2.05, 4.69) is 63.4 Å². The molecule has 4 heterocycles. The smallest absolute Gasteiger partial charge is 0.271 e. The van der Waals surface area contributed by atoms with Crippen molar-refractivity contribution in [1.29, 1.82) is 0 Å². The molecule has 2 N–H and O–H groups in total. The molecule has 6 rings (SSSR count). The first-order valence-corrected chi connectivity index (χ1v) is 15.5. The topological polar surface area (TPSA) is 79.1 Å². The number of aromatic nitrogens is 1. The number of rotatable bonds is 8. The fourth-order valence-corrected chi connectivity index (χ4v) is 8.03. The minimum Gasteiger partial charge on any atom is -0.383 e. The molecule has 212 valence electrons. The summed E-state index contributed by atoms with van der Waals surface area (Å²) in [7, 11) is 1.76. The summed E-state index contributed by atoms with van der Waals surface area (Å²) in [6.07, 6.45) is 1.57. The third kappa shape index (κ3) is 6.07. The summed E-state index contributed by atoms with van der Waals surface area (Å²) >= 11 is 3.62. The van der Waals surface area contributed by atoms with Crippen LogP contribution in [0.3, 0.4) is 0 Å². The van der Waals surface area contributed by atoms with E-state index in [-0.39, 0.29) is 17.7 Å². The zero-order valence-corrected chi connectivity index (χ0v) is 24.6. The Kier molecular flexibility index (Phi) is 8.71. The van der Waals surface area contributed by atoms with Crippen LogP contribution >= 0.6 is 23.5 Å². The van der Waals surface area contributed by atoms with Gasteiger partial charge in [0.15, 0.2) is 0 Å². The molecule has 0 bridgehead atoms. The van der Waals surface area contributed by atoms with Crippen molar-refractivity contribution in [2.75, 3.05) is 69.9 Å². The quantitative estimate of drug-likeness (QED) is 0.308. The Morgan fingerprint density at radius 2 is 2.02 bits per heavy atom. The Morgan fingerprint density at radius 3 is 2.88 bits per heavy atom. The van der Waals surface area contributed by atoms with Crippen molar-refractivity contribution in [1.82, 2.24) is 9.88 Å². The predicted molar refractivity (Wildman–Crippen MR) is 160 cm³/mol. The van der Waals surface area contributed by atoms with Crippen molar-refractivity contribution in [2.24, 2.45) is 0 Å². The van der Waals surface area contributed by atoms with Crippen LogP contribution in [-0.2, 0) is 14.2 Å². The number of aromatic amines is 1. The maximum atomic E-state index is 12.4. The van der Waals surface area contributed by atoms with Crippen LogP contribution in [0.5, 0.6) is 0 Å². The third-order valence-corrected chi connectivity index (χ3v) is 10.2. The molecule has 2 fully saturated rings. The number of pyridine rings is 1. The van der Waals surface area contributed by atoms with E-state index in [1.165, 1.54) is 25.1 Å². The molecular formula is C30H36N4O4S2. The highest BCUT2D eigenvalue weighted by Crippen LogP contribution is 2.51. The number of fused-ring (bicyclic) bond motifs is 2. The summed E-state index contributed by atoms with van der Waals surface area (Å²) in [6, 6.07) is 17.5. The molecule has 8 nitrogen and oxygen atoms in total. The van der Waals surface area contributed by atoms with Gasteiger partial charge in [-0.25, -0.2) is 0 Å². The van der Waals surface area contributed by atoms with Crippen LogP contribution in [0.4, 0.5) is 11.4 Å². The molecule has 1 aromatic heterocycles. The maximum Gasteiger partial charge on any atom is 0.271 e. The molecule has 0 spiro atoms. The number of morpholine rings is 2. The van der Waals surface area contributed by atoms with E-state index in [0.29, 0.717) is 38.0 Å². The van der Waals surface area contributed by atoms with Gasteiger partial charge >= 0.3 is 0 Å². The lowest BCUT2D eigenvalue weighted by Gasteiger charge is -2.36. The van der Waals surface area contributed by atoms with E-state index in [9.17, 15) is 4.79 Å². The molecule has 0 saturated carbocycles. The van der Waals surface area contributed by atoms with Gasteiger partial charge in [0.2, 0.25) is 0 Å². The lowest BCUT2D eigenvalue weighted by atomic mass is 10.1. The number of H-pyrrole nitrogens is 1. The summed E-state index contributed by atoms with van der Waals surface area (Å²) in [4.78, 5) is 24.8. The molecule has 1 unspecified atom stereocenters. The van der Waals surface area contributed by atoms with Gasteiger partial charge in [0.05, 0.1) is 32.5 Å². The number of anilines is 2. The highest BCUT2D eigenvalue weighted by atomic mass is 32.2. The normalized spacial score (nSPS) is 21.9. The van der Waals surface area contributed by atoms with E-state index >= 15 is 0 Å². The predicted octanol–water partition coefficient (Wildman–Crippen LogP) is 4.72. The highest BCUT2D eigenvalue weighted by Gasteiger charge is 2.29. The second-order valence-corrected chi connectivity index (χ2v) is 12.6. The standard InChI is InChI=1S/C30H36N4O4S2/c1-20-18-37-13-11-33(20)16-22(19-36-2)32-21-8-9-26-28(15-21)39-27-7-3-5-23(29(27)40-26)25-17-34(12-14-38-25)24-6-4-10-31-30(24)35/h3-10,15,20,22,25,32H,11-14,16-19H2,1-2H3,(H,31,35)/t20-,22-,25?/m0/s1. The van der Waals surface area contributed by atoms with E-state index < -0.39 is 0 Å². The largest absolute Gasteiger partial charge is 0.383 e. The molecule has 3 aliphatic heterocycles.